The minimum absolute atomic E-state index is 0.251. The van der Waals surface area contributed by atoms with Gasteiger partial charge in [-0.25, -0.2) is 9.37 Å². The van der Waals surface area contributed by atoms with Crippen LogP contribution in [0.4, 0.5) is 8.78 Å². The van der Waals surface area contributed by atoms with Crippen molar-refractivity contribution < 1.29 is 13.5 Å². The molecule has 0 aliphatic carbocycles. The van der Waals surface area contributed by atoms with Crippen molar-refractivity contribution in [3.63, 3.8) is 0 Å². The zero-order chi connectivity index (χ0) is 23.8. The van der Waals surface area contributed by atoms with Crippen LogP contribution < -0.4 is 4.74 Å². The Labute approximate surface area is 196 Å². The molecule has 170 valence electrons. The van der Waals surface area contributed by atoms with Crippen molar-refractivity contribution in [2.45, 2.75) is 39.8 Å². The summed E-state index contributed by atoms with van der Waals surface area (Å²) in [6.07, 6.45) is 1.65. The van der Waals surface area contributed by atoms with Gasteiger partial charge in [-0.3, -0.25) is 0 Å². The Balaban J connectivity index is 1.60. The number of ether oxygens (including phenoxy) is 1. The topological polar surface area (TPSA) is 63.7 Å². The summed E-state index contributed by atoms with van der Waals surface area (Å²) >= 11 is 0. The van der Waals surface area contributed by atoms with Crippen LogP contribution in [0, 0.1) is 23.1 Å². The zero-order valence-electron chi connectivity index (χ0n) is 18.9. The molecule has 0 atom stereocenters. The highest BCUT2D eigenvalue weighted by atomic mass is 19.1. The van der Waals surface area contributed by atoms with Crippen LogP contribution in [-0.2, 0) is 19.6 Å². The highest BCUT2D eigenvalue weighted by Crippen LogP contribution is 2.39. The average molecular weight is 456 g/mol. The molecule has 0 amide bonds. The lowest BCUT2D eigenvalue weighted by molar-refractivity contribution is 0.305. The minimum atomic E-state index is -0.550. The number of fused-ring (bicyclic) bond motifs is 3. The second-order valence-electron chi connectivity index (χ2n) is 8.37. The molecule has 4 aromatic rings. The standard InChI is InChI=1S/C27H22F2N4O/c1-3-4-25-32-27-22(9-10-24(29)31-27)33(25)14-17-5-7-20-18(11-17)15-34-23-12-19(28)6-8-21(23)26(20)16(2)13-30/h5-12H,3-4,14-15H2,1-2H3/b26-16-. The van der Waals surface area contributed by atoms with Crippen LogP contribution in [0.1, 0.15) is 48.3 Å². The summed E-state index contributed by atoms with van der Waals surface area (Å²) in [4.78, 5) is 8.50. The number of halogens is 2. The van der Waals surface area contributed by atoms with E-state index in [1.807, 2.05) is 18.2 Å². The number of nitrogens with zero attached hydrogens (tertiary/aromatic N) is 4. The Morgan fingerprint density at radius 1 is 1.09 bits per heavy atom. The monoisotopic (exact) mass is 456 g/mol. The van der Waals surface area contributed by atoms with Crippen molar-refractivity contribution in [1.29, 1.82) is 5.26 Å². The molecule has 0 saturated heterocycles. The van der Waals surface area contributed by atoms with Crippen molar-refractivity contribution in [1.82, 2.24) is 14.5 Å². The molecule has 5 nitrogen and oxygen atoms in total. The number of imidazole rings is 1. The highest BCUT2D eigenvalue weighted by Gasteiger charge is 2.22. The fourth-order valence-corrected chi connectivity index (χ4v) is 4.50. The Kier molecular flexibility index (Phi) is 5.58. The smallest absolute Gasteiger partial charge is 0.215 e. The Morgan fingerprint density at radius 3 is 2.71 bits per heavy atom. The van der Waals surface area contributed by atoms with Gasteiger partial charge in [-0.1, -0.05) is 19.1 Å². The largest absolute Gasteiger partial charge is 0.488 e. The molecule has 0 bridgehead atoms. The van der Waals surface area contributed by atoms with Crippen molar-refractivity contribution >= 4 is 16.7 Å². The van der Waals surface area contributed by atoms with Gasteiger partial charge in [-0.15, -0.1) is 0 Å². The predicted molar refractivity (Wildman–Crippen MR) is 125 cm³/mol. The molecular formula is C27H22F2N4O. The van der Waals surface area contributed by atoms with Crippen LogP contribution >= 0.6 is 0 Å². The normalized spacial score (nSPS) is 14.1. The number of hydrogen-bond acceptors (Lipinski definition) is 4. The van der Waals surface area contributed by atoms with E-state index in [0.29, 0.717) is 29.1 Å². The number of hydrogen-bond donors (Lipinski definition) is 0. The lowest BCUT2D eigenvalue weighted by Crippen LogP contribution is -2.07. The van der Waals surface area contributed by atoms with Gasteiger partial charge in [0, 0.05) is 35.7 Å². The third-order valence-electron chi connectivity index (χ3n) is 6.05. The summed E-state index contributed by atoms with van der Waals surface area (Å²) in [5.41, 5.74) is 5.96. The molecular weight excluding hydrogens is 434 g/mol. The van der Waals surface area contributed by atoms with E-state index in [1.54, 1.807) is 19.1 Å². The Bertz CT molecular complexity index is 1500. The summed E-state index contributed by atoms with van der Waals surface area (Å²) < 4.78 is 35.6. The summed E-state index contributed by atoms with van der Waals surface area (Å²) in [7, 11) is 0. The first-order valence-corrected chi connectivity index (χ1v) is 11.2. The maximum atomic E-state index is 13.9. The van der Waals surface area contributed by atoms with Crippen LogP contribution in [0.15, 0.2) is 54.1 Å². The van der Waals surface area contributed by atoms with Gasteiger partial charge in [-0.2, -0.15) is 14.6 Å². The molecule has 2 aromatic carbocycles. The third kappa shape index (κ3) is 3.81. The molecule has 0 spiro atoms. The first-order valence-electron chi connectivity index (χ1n) is 11.2. The number of nitriles is 1. The molecule has 0 fully saturated rings. The maximum Gasteiger partial charge on any atom is 0.215 e. The van der Waals surface area contributed by atoms with E-state index in [9.17, 15) is 14.0 Å². The van der Waals surface area contributed by atoms with Crippen molar-refractivity contribution in [3.8, 4) is 11.8 Å². The predicted octanol–water partition coefficient (Wildman–Crippen LogP) is 5.95. The summed E-state index contributed by atoms with van der Waals surface area (Å²) in [6.45, 7) is 4.61. The van der Waals surface area contributed by atoms with Gasteiger partial charge in [0.25, 0.3) is 0 Å². The van der Waals surface area contributed by atoms with Gasteiger partial charge in [-0.05, 0) is 60.4 Å². The lowest BCUT2D eigenvalue weighted by atomic mass is 9.90. The first-order chi connectivity index (χ1) is 16.5. The van der Waals surface area contributed by atoms with E-state index < -0.39 is 5.95 Å². The molecule has 0 N–H and O–H groups in total. The first kappa shape index (κ1) is 21.8. The van der Waals surface area contributed by atoms with Gasteiger partial charge in [0.15, 0.2) is 5.65 Å². The quantitative estimate of drug-likeness (QED) is 0.281. The number of pyridine rings is 1. The highest BCUT2D eigenvalue weighted by molar-refractivity contribution is 5.88. The van der Waals surface area contributed by atoms with Crippen LogP contribution in [0.5, 0.6) is 5.75 Å². The van der Waals surface area contributed by atoms with Crippen LogP contribution in [0.3, 0.4) is 0 Å². The van der Waals surface area contributed by atoms with Crippen molar-refractivity contribution in [2.75, 3.05) is 0 Å². The SMILES string of the molecule is CCCc1nc2nc(F)ccc2n1Cc1ccc2c(c1)COc1cc(F)ccc1/C2=C(/C)C#N. The number of benzene rings is 2. The van der Waals surface area contributed by atoms with E-state index in [2.05, 4.69) is 27.5 Å². The zero-order valence-corrected chi connectivity index (χ0v) is 18.9. The number of aryl methyl sites for hydroxylation is 1. The van der Waals surface area contributed by atoms with E-state index in [-0.39, 0.29) is 12.4 Å². The van der Waals surface area contributed by atoms with Gasteiger partial charge >= 0.3 is 0 Å². The van der Waals surface area contributed by atoms with Crippen LogP contribution in [0.25, 0.3) is 16.7 Å². The molecule has 0 saturated carbocycles. The molecule has 1 aliphatic heterocycles. The second-order valence-corrected chi connectivity index (χ2v) is 8.37. The minimum Gasteiger partial charge on any atom is -0.488 e. The Hall–Kier alpha value is -4.05. The van der Waals surface area contributed by atoms with Crippen LogP contribution in [-0.4, -0.2) is 14.5 Å². The van der Waals surface area contributed by atoms with Gasteiger partial charge < -0.3 is 9.30 Å². The summed E-state index contributed by atoms with van der Waals surface area (Å²) in [5, 5.41) is 9.65. The van der Waals surface area contributed by atoms with Crippen molar-refractivity contribution in [2.24, 2.45) is 0 Å². The Morgan fingerprint density at radius 2 is 1.91 bits per heavy atom. The van der Waals surface area contributed by atoms with E-state index in [0.717, 1.165) is 46.4 Å². The fourth-order valence-electron chi connectivity index (χ4n) is 4.50. The van der Waals surface area contributed by atoms with E-state index >= 15 is 0 Å². The fraction of sp³-hybridized carbons (Fsp3) is 0.222. The molecule has 5 rings (SSSR count). The average Bonchev–Trinajstić information content (AvgIpc) is 3.06. The van der Waals surface area contributed by atoms with Crippen LogP contribution in [0.2, 0.25) is 0 Å². The second kappa shape index (κ2) is 8.71. The number of allylic oxidation sites excluding steroid dienone is 1. The summed E-state index contributed by atoms with van der Waals surface area (Å²) in [6, 6.07) is 15.7. The number of rotatable bonds is 4. The molecule has 2 aromatic heterocycles. The molecule has 0 radical (unpaired) electrons. The molecule has 7 heteroatoms. The van der Waals surface area contributed by atoms with E-state index in [1.165, 1.54) is 18.2 Å². The van der Waals surface area contributed by atoms with Gasteiger partial charge in [0.1, 0.15) is 24.0 Å². The van der Waals surface area contributed by atoms with Gasteiger partial charge in [0.05, 0.1) is 11.6 Å². The molecule has 0 unspecified atom stereocenters. The lowest BCUT2D eigenvalue weighted by Gasteiger charge is -2.14. The number of aromatic nitrogens is 3. The van der Waals surface area contributed by atoms with E-state index in [4.69, 9.17) is 4.74 Å². The molecule has 3 heterocycles. The summed E-state index contributed by atoms with van der Waals surface area (Å²) in [5.74, 6) is 0.331. The molecule has 34 heavy (non-hydrogen) atoms. The van der Waals surface area contributed by atoms with Gasteiger partial charge in [0.2, 0.25) is 5.95 Å². The maximum absolute atomic E-state index is 13.9. The molecule has 1 aliphatic rings. The van der Waals surface area contributed by atoms with Crippen molar-refractivity contribution in [3.05, 3.63) is 93.9 Å². The third-order valence-corrected chi connectivity index (χ3v) is 6.05.